The first-order valence-electron chi connectivity index (χ1n) is 6.09. The zero-order chi connectivity index (χ0) is 15.9. The van der Waals surface area contributed by atoms with Crippen LogP contribution in [0.15, 0.2) is 16.6 Å². The molecule has 1 atom stereocenters. The molecule has 4 amide bonds. The minimum absolute atomic E-state index is 0.0944. The van der Waals surface area contributed by atoms with E-state index in [1.54, 1.807) is 0 Å². The van der Waals surface area contributed by atoms with E-state index in [0.29, 0.717) is 14.7 Å². The van der Waals surface area contributed by atoms with E-state index in [-0.39, 0.29) is 11.6 Å². The molecule has 1 aromatic heterocycles. The van der Waals surface area contributed by atoms with Crippen LogP contribution in [0.25, 0.3) is 10.2 Å². The molecule has 7 nitrogen and oxygen atoms in total. The predicted octanol–water partition coefficient (Wildman–Crippen LogP) is 1.73. The highest BCUT2D eigenvalue weighted by atomic mass is 79.9. The van der Waals surface area contributed by atoms with Crippen LogP contribution < -0.4 is 16.0 Å². The molecular formula is C12H8BrFN4O3S. The molecule has 10 heteroatoms. The van der Waals surface area contributed by atoms with Crippen LogP contribution in [0.1, 0.15) is 6.42 Å². The Kier molecular flexibility index (Phi) is 3.79. The number of thiazole rings is 1. The quantitative estimate of drug-likeness (QED) is 0.684. The number of anilines is 1. The maximum atomic E-state index is 13.3. The second kappa shape index (κ2) is 5.61. The highest BCUT2D eigenvalue weighted by Crippen LogP contribution is 2.32. The Morgan fingerprint density at radius 2 is 2.23 bits per heavy atom. The third kappa shape index (κ3) is 2.92. The van der Waals surface area contributed by atoms with E-state index in [4.69, 9.17) is 0 Å². The number of rotatable bonds is 2. The van der Waals surface area contributed by atoms with Gasteiger partial charge in [-0.1, -0.05) is 11.3 Å². The van der Waals surface area contributed by atoms with Crippen molar-refractivity contribution in [3.63, 3.8) is 0 Å². The fourth-order valence-corrected chi connectivity index (χ4v) is 3.54. The van der Waals surface area contributed by atoms with Crippen molar-refractivity contribution in [1.29, 1.82) is 0 Å². The molecule has 0 spiro atoms. The van der Waals surface area contributed by atoms with Gasteiger partial charge in [-0.2, -0.15) is 0 Å². The van der Waals surface area contributed by atoms with E-state index in [2.05, 4.69) is 36.9 Å². The molecule has 114 valence electrons. The van der Waals surface area contributed by atoms with E-state index < -0.39 is 29.7 Å². The molecule has 3 rings (SSSR count). The third-order valence-corrected chi connectivity index (χ3v) is 4.43. The normalized spacial score (nSPS) is 17.6. The number of benzene rings is 1. The van der Waals surface area contributed by atoms with Gasteiger partial charge < -0.3 is 5.32 Å². The van der Waals surface area contributed by atoms with E-state index >= 15 is 0 Å². The number of imide groups is 1. The van der Waals surface area contributed by atoms with Crippen LogP contribution in [-0.2, 0) is 9.59 Å². The molecule has 22 heavy (non-hydrogen) atoms. The Labute approximate surface area is 135 Å². The molecule has 0 saturated carbocycles. The van der Waals surface area contributed by atoms with Gasteiger partial charge in [0.2, 0.25) is 11.8 Å². The fourth-order valence-electron chi connectivity index (χ4n) is 1.97. The van der Waals surface area contributed by atoms with Crippen molar-refractivity contribution >= 4 is 60.5 Å². The predicted molar refractivity (Wildman–Crippen MR) is 81.0 cm³/mol. The molecule has 0 bridgehead atoms. The van der Waals surface area contributed by atoms with Gasteiger partial charge in [-0.3, -0.25) is 20.2 Å². The average molecular weight is 387 g/mol. The first-order chi connectivity index (χ1) is 10.4. The fraction of sp³-hybridized carbons (Fsp3) is 0.167. The monoisotopic (exact) mass is 386 g/mol. The number of carbonyl (C=O) groups is 3. The summed E-state index contributed by atoms with van der Waals surface area (Å²) in [7, 11) is 0. The Bertz CT molecular complexity index is 809. The molecule has 1 aliphatic heterocycles. The summed E-state index contributed by atoms with van der Waals surface area (Å²) in [6.45, 7) is 0. The number of aromatic nitrogens is 1. The number of nitrogens with zero attached hydrogens (tertiary/aromatic N) is 1. The van der Waals surface area contributed by atoms with E-state index in [1.165, 1.54) is 12.1 Å². The second-order valence-electron chi connectivity index (χ2n) is 4.52. The van der Waals surface area contributed by atoms with Crippen molar-refractivity contribution in [2.24, 2.45) is 0 Å². The summed E-state index contributed by atoms with van der Waals surface area (Å²) in [6.07, 6.45) is -0.0944. The minimum Gasteiger partial charge on any atom is -0.325 e. The van der Waals surface area contributed by atoms with Gasteiger partial charge in [-0.15, -0.1) is 0 Å². The topological polar surface area (TPSA) is 100 Å². The van der Waals surface area contributed by atoms with Gasteiger partial charge in [0.25, 0.3) is 0 Å². The highest BCUT2D eigenvalue weighted by Gasteiger charge is 2.31. The highest BCUT2D eigenvalue weighted by molar-refractivity contribution is 9.10. The van der Waals surface area contributed by atoms with Crippen LogP contribution in [-0.4, -0.2) is 28.9 Å². The van der Waals surface area contributed by atoms with Crippen LogP contribution >= 0.6 is 27.3 Å². The lowest BCUT2D eigenvalue weighted by atomic mass is 10.2. The molecule has 1 unspecified atom stereocenters. The van der Waals surface area contributed by atoms with Gasteiger partial charge in [0.15, 0.2) is 5.13 Å². The maximum Gasteiger partial charge on any atom is 0.321 e. The number of amides is 4. The van der Waals surface area contributed by atoms with Crippen LogP contribution in [0.4, 0.5) is 14.3 Å². The molecule has 1 fully saturated rings. The van der Waals surface area contributed by atoms with Crippen molar-refractivity contribution in [2.75, 3.05) is 5.32 Å². The summed E-state index contributed by atoms with van der Waals surface area (Å²) >= 11 is 4.29. The van der Waals surface area contributed by atoms with Crippen molar-refractivity contribution in [2.45, 2.75) is 12.5 Å². The molecule has 3 N–H and O–H groups in total. The number of nitrogens with one attached hydrogen (secondary N) is 3. The molecule has 1 aromatic carbocycles. The minimum atomic E-state index is -0.897. The summed E-state index contributed by atoms with van der Waals surface area (Å²) in [4.78, 5) is 38.4. The largest absolute Gasteiger partial charge is 0.325 e. The lowest BCUT2D eigenvalue weighted by molar-refractivity contribution is -0.125. The van der Waals surface area contributed by atoms with E-state index in [1.807, 2.05) is 0 Å². The third-order valence-electron chi connectivity index (χ3n) is 2.91. The zero-order valence-electron chi connectivity index (χ0n) is 10.8. The van der Waals surface area contributed by atoms with Crippen molar-refractivity contribution in [3.05, 3.63) is 22.4 Å². The Balaban J connectivity index is 1.73. The maximum absolute atomic E-state index is 13.3. The van der Waals surface area contributed by atoms with Crippen LogP contribution in [0, 0.1) is 5.82 Å². The standard InChI is InChI=1S/C12H8BrFN4O3S/c13-5-1-4(14)2-7-9(5)17-12(22-7)18-11(21)15-6-3-8(19)16-10(6)20/h1-2,6H,3H2,(H,16,19,20)(H2,15,17,18,21). The molecule has 0 radical (unpaired) electrons. The summed E-state index contributed by atoms with van der Waals surface area (Å²) in [5.74, 6) is -1.40. The molecule has 0 aliphatic carbocycles. The number of hydrogen-bond acceptors (Lipinski definition) is 5. The number of hydrogen-bond donors (Lipinski definition) is 3. The summed E-state index contributed by atoms with van der Waals surface area (Å²) in [6, 6.07) is 1.03. The van der Waals surface area contributed by atoms with Gasteiger partial charge in [0.1, 0.15) is 11.9 Å². The average Bonchev–Trinajstić information content (AvgIpc) is 2.93. The van der Waals surface area contributed by atoms with E-state index in [0.717, 1.165) is 11.3 Å². The number of urea groups is 1. The summed E-state index contributed by atoms with van der Waals surface area (Å²) in [5, 5.41) is 7.18. The number of fused-ring (bicyclic) bond motifs is 1. The molecular weight excluding hydrogens is 379 g/mol. The van der Waals surface area contributed by atoms with Crippen LogP contribution in [0.3, 0.4) is 0 Å². The number of halogens is 2. The summed E-state index contributed by atoms with van der Waals surface area (Å²) in [5.41, 5.74) is 0.524. The van der Waals surface area contributed by atoms with Gasteiger partial charge in [-0.05, 0) is 28.1 Å². The molecule has 1 aliphatic rings. The molecule has 2 aromatic rings. The van der Waals surface area contributed by atoms with Crippen LogP contribution in [0.2, 0.25) is 0 Å². The first-order valence-corrected chi connectivity index (χ1v) is 7.70. The first kappa shape index (κ1) is 14.9. The lowest BCUT2D eigenvalue weighted by Crippen LogP contribution is -2.42. The second-order valence-corrected chi connectivity index (χ2v) is 6.41. The Hall–Kier alpha value is -2.07. The lowest BCUT2D eigenvalue weighted by Gasteiger charge is -2.08. The van der Waals surface area contributed by atoms with Gasteiger partial charge >= 0.3 is 6.03 Å². The SMILES string of the molecule is O=C1CC(NC(=O)Nc2nc3c(Br)cc(F)cc3s2)C(=O)N1. The van der Waals surface area contributed by atoms with Crippen molar-refractivity contribution < 1.29 is 18.8 Å². The smallest absolute Gasteiger partial charge is 0.321 e. The van der Waals surface area contributed by atoms with E-state index in [9.17, 15) is 18.8 Å². The van der Waals surface area contributed by atoms with Crippen LogP contribution in [0.5, 0.6) is 0 Å². The van der Waals surface area contributed by atoms with Gasteiger partial charge in [0, 0.05) is 4.47 Å². The summed E-state index contributed by atoms with van der Waals surface area (Å²) < 4.78 is 14.3. The molecule has 1 saturated heterocycles. The number of carbonyl (C=O) groups excluding carboxylic acids is 3. The zero-order valence-corrected chi connectivity index (χ0v) is 13.2. The van der Waals surface area contributed by atoms with Crippen molar-refractivity contribution in [3.8, 4) is 0 Å². The van der Waals surface area contributed by atoms with Crippen molar-refractivity contribution in [1.82, 2.24) is 15.6 Å². The molecule has 2 heterocycles. The Morgan fingerprint density at radius 1 is 1.45 bits per heavy atom. The Morgan fingerprint density at radius 3 is 2.91 bits per heavy atom. The van der Waals surface area contributed by atoms with Gasteiger partial charge in [-0.25, -0.2) is 14.2 Å². The van der Waals surface area contributed by atoms with Gasteiger partial charge in [0.05, 0.1) is 16.6 Å².